The van der Waals surface area contributed by atoms with E-state index in [1.54, 1.807) is 0 Å². The second kappa shape index (κ2) is 7.11. The molecular weight excluding hydrogens is 347 g/mol. The van der Waals surface area contributed by atoms with Crippen LogP contribution in [-0.4, -0.2) is 32.1 Å². The van der Waals surface area contributed by atoms with Gasteiger partial charge in [0, 0.05) is 36.0 Å². The van der Waals surface area contributed by atoms with E-state index in [1.165, 1.54) is 0 Å². The maximum Gasteiger partial charge on any atom is 0.223 e. The molecule has 1 aromatic heterocycles. The number of hydrogen-bond donors (Lipinski definition) is 0. The van der Waals surface area contributed by atoms with Gasteiger partial charge in [-0.3, -0.25) is 4.79 Å². The van der Waals surface area contributed by atoms with Crippen molar-refractivity contribution in [1.29, 1.82) is 0 Å². The topological polar surface area (TPSA) is 51.0 Å². The van der Waals surface area contributed by atoms with E-state index in [4.69, 9.17) is 23.2 Å². The van der Waals surface area contributed by atoms with E-state index >= 15 is 0 Å². The van der Waals surface area contributed by atoms with Gasteiger partial charge in [0.25, 0.3) is 0 Å². The molecule has 0 bridgehead atoms. The molecule has 0 saturated carbocycles. The standard InChI is InChI=1S/C17H20Cl2N4O/c1-3-23-17(11(2)22-9-5-8-16(22)24)20-15(21-23)10-12-13(18)6-4-7-14(12)19/h4,6-7,11H,3,5,8-10H2,1-2H3. The monoisotopic (exact) mass is 366 g/mol. The van der Waals surface area contributed by atoms with Gasteiger partial charge in [-0.1, -0.05) is 29.3 Å². The number of halogens is 2. The van der Waals surface area contributed by atoms with Crippen molar-refractivity contribution < 1.29 is 4.79 Å². The number of carbonyl (C=O) groups is 1. The van der Waals surface area contributed by atoms with Crippen molar-refractivity contribution in [1.82, 2.24) is 19.7 Å². The maximum atomic E-state index is 12.0. The zero-order valence-corrected chi connectivity index (χ0v) is 15.3. The van der Waals surface area contributed by atoms with Gasteiger partial charge in [-0.2, -0.15) is 5.10 Å². The molecule has 128 valence electrons. The Morgan fingerprint density at radius 1 is 1.29 bits per heavy atom. The summed E-state index contributed by atoms with van der Waals surface area (Å²) < 4.78 is 1.86. The van der Waals surface area contributed by atoms with Crippen molar-refractivity contribution in [2.75, 3.05) is 6.54 Å². The highest BCUT2D eigenvalue weighted by molar-refractivity contribution is 6.36. The first-order chi connectivity index (χ1) is 11.5. The second-order valence-electron chi connectivity index (χ2n) is 5.95. The van der Waals surface area contributed by atoms with Crippen LogP contribution < -0.4 is 0 Å². The number of aromatic nitrogens is 3. The smallest absolute Gasteiger partial charge is 0.223 e. The molecule has 0 spiro atoms. The summed E-state index contributed by atoms with van der Waals surface area (Å²) in [5, 5.41) is 5.80. The molecule has 1 atom stereocenters. The Bertz CT molecular complexity index is 739. The lowest BCUT2D eigenvalue weighted by Gasteiger charge is -2.23. The molecule has 1 saturated heterocycles. The van der Waals surface area contributed by atoms with Crippen LogP contribution in [0.5, 0.6) is 0 Å². The van der Waals surface area contributed by atoms with Crippen LogP contribution in [0.25, 0.3) is 0 Å². The number of hydrogen-bond acceptors (Lipinski definition) is 3. The van der Waals surface area contributed by atoms with Crippen LogP contribution in [-0.2, 0) is 17.8 Å². The van der Waals surface area contributed by atoms with Crippen LogP contribution in [0.2, 0.25) is 10.0 Å². The SMILES string of the molecule is CCn1nc(Cc2c(Cl)cccc2Cl)nc1C(C)N1CCCC1=O. The lowest BCUT2D eigenvalue weighted by atomic mass is 10.1. The third-order valence-electron chi connectivity index (χ3n) is 4.39. The number of rotatable bonds is 5. The van der Waals surface area contributed by atoms with Crippen LogP contribution in [0.3, 0.4) is 0 Å². The molecular formula is C17H20Cl2N4O. The number of benzene rings is 1. The van der Waals surface area contributed by atoms with Gasteiger partial charge >= 0.3 is 0 Å². The van der Waals surface area contributed by atoms with Gasteiger partial charge in [-0.25, -0.2) is 9.67 Å². The quantitative estimate of drug-likeness (QED) is 0.806. The van der Waals surface area contributed by atoms with Crippen molar-refractivity contribution >= 4 is 29.1 Å². The number of aryl methyl sites for hydroxylation is 1. The Morgan fingerprint density at radius 2 is 2.00 bits per heavy atom. The molecule has 1 amide bonds. The summed E-state index contributed by atoms with van der Waals surface area (Å²) in [5.41, 5.74) is 0.825. The minimum atomic E-state index is -0.0806. The van der Waals surface area contributed by atoms with Crippen LogP contribution in [0.15, 0.2) is 18.2 Å². The average Bonchev–Trinajstić information content (AvgIpc) is 3.16. The molecule has 0 N–H and O–H groups in total. The van der Waals surface area contributed by atoms with E-state index in [0.717, 1.165) is 24.4 Å². The van der Waals surface area contributed by atoms with Gasteiger partial charge in [0.05, 0.1) is 6.04 Å². The van der Waals surface area contributed by atoms with Crippen molar-refractivity contribution in [3.8, 4) is 0 Å². The van der Waals surface area contributed by atoms with Crippen LogP contribution in [0.1, 0.15) is 49.9 Å². The molecule has 1 aliphatic rings. The fraction of sp³-hybridized carbons (Fsp3) is 0.471. The molecule has 1 aliphatic heterocycles. The molecule has 24 heavy (non-hydrogen) atoms. The first-order valence-corrected chi connectivity index (χ1v) is 8.92. The fourth-order valence-electron chi connectivity index (χ4n) is 3.10. The fourth-order valence-corrected chi connectivity index (χ4v) is 3.63. The predicted octanol–water partition coefficient (Wildman–Crippen LogP) is 3.88. The molecule has 1 fully saturated rings. The molecule has 0 aliphatic carbocycles. The zero-order valence-electron chi connectivity index (χ0n) is 13.8. The van der Waals surface area contributed by atoms with Gasteiger partial charge in [0.15, 0.2) is 5.82 Å². The third-order valence-corrected chi connectivity index (χ3v) is 5.10. The minimum Gasteiger partial charge on any atom is -0.333 e. The summed E-state index contributed by atoms with van der Waals surface area (Å²) >= 11 is 12.5. The molecule has 1 unspecified atom stereocenters. The van der Waals surface area contributed by atoms with E-state index < -0.39 is 0 Å². The van der Waals surface area contributed by atoms with E-state index in [2.05, 4.69) is 10.1 Å². The Hall–Kier alpha value is -1.59. The lowest BCUT2D eigenvalue weighted by Crippen LogP contribution is -2.30. The number of likely N-dealkylation sites (tertiary alicyclic amines) is 1. The Morgan fingerprint density at radius 3 is 2.58 bits per heavy atom. The molecule has 0 radical (unpaired) electrons. The largest absolute Gasteiger partial charge is 0.333 e. The molecule has 5 nitrogen and oxygen atoms in total. The van der Waals surface area contributed by atoms with E-state index in [0.29, 0.717) is 35.3 Å². The average molecular weight is 367 g/mol. The molecule has 1 aromatic carbocycles. The normalized spacial score (nSPS) is 16.0. The first kappa shape index (κ1) is 17.2. The van der Waals surface area contributed by atoms with Crippen molar-refractivity contribution in [2.45, 2.75) is 45.7 Å². The van der Waals surface area contributed by atoms with Crippen molar-refractivity contribution in [3.05, 3.63) is 45.5 Å². The third kappa shape index (κ3) is 3.28. The van der Waals surface area contributed by atoms with Crippen LogP contribution >= 0.6 is 23.2 Å². The van der Waals surface area contributed by atoms with Crippen molar-refractivity contribution in [2.24, 2.45) is 0 Å². The zero-order chi connectivity index (χ0) is 17.3. The lowest BCUT2D eigenvalue weighted by molar-refractivity contribution is -0.129. The van der Waals surface area contributed by atoms with Gasteiger partial charge < -0.3 is 4.90 Å². The molecule has 7 heteroatoms. The molecule has 2 aromatic rings. The summed E-state index contributed by atoms with van der Waals surface area (Å²) in [6.07, 6.45) is 2.00. The van der Waals surface area contributed by atoms with E-state index in [-0.39, 0.29) is 11.9 Å². The number of nitrogens with zero attached hydrogens (tertiary/aromatic N) is 4. The summed E-state index contributed by atoms with van der Waals surface area (Å²) in [4.78, 5) is 18.6. The first-order valence-electron chi connectivity index (χ1n) is 8.17. The summed E-state index contributed by atoms with van der Waals surface area (Å²) in [6.45, 7) is 5.50. The second-order valence-corrected chi connectivity index (χ2v) is 6.76. The van der Waals surface area contributed by atoms with Crippen LogP contribution in [0, 0.1) is 0 Å². The number of carbonyl (C=O) groups excluding carboxylic acids is 1. The Labute approximate surface area is 151 Å². The molecule has 2 heterocycles. The van der Waals surface area contributed by atoms with E-state index in [9.17, 15) is 4.79 Å². The maximum absolute atomic E-state index is 12.0. The highest BCUT2D eigenvalue weighted by Crippen LogP contribution is 2.28. The van der Waals surface area contributed by atoms with Crippen molar-refractivity contribution in [3.63, 3.8) is 0 Å². The minimum absolute atomic E-state index is 0.0806. The van der Waals surface area contributed by atoms with E-state index in [1.807, 2.05) is 41.6 Å². The predicted molar refractivity (Wildman–Crippen MR) is 94.3 cm³/mol. The van der Waals surface area contributed by atoms with Gasteiger partial charge in [-0.05, 0) is 38.0 Å². The summed E-state index contributed by atoms with van der Waals surface area (Å²) in [5.74, 6) is 1.66. The Balaban J connectivity index is 1.89. The molecule has 3 rings (SSSR count). The Kier molecular flexibility index (Phi) is 5.11. The summed E-state index contributed by atoms with van der Waals surface area (Å²) in [6, 6.07) is 5.36. The van der Waals surface area contributed by atoms with Crippen LogP contribution in [0.4, 0.5) is 0 Å². The van der Waals surface area contributed by atoms with Gasteiger partial charge in [0.2, 0.25) is 5.91 Å². The highest BCUT2D eigenvalue weighted by atomic mass is 35.5. The van der Waals surface area contributed by atoms with Gasteiger partial charge in [-0.15, -0.1) is 0 Å². The number of amides is 1. The summed E-state index contributed by atoms with van der Waals surface area (Å²) in [7, 11) is 0. The highest BCUT2D eigenvalue weighted by Gasteiger charge is 2.29. The van der Waals surface area contributed by atoms with Gasteiger partial charge in [0.1, 0.15) is 5.82 Å².